The molecule has 1 saturated heterocycles. The Morgan fingerprint density at radius 1 is 1.70 bits per heavy atom. The third kappa shape index (κ3) is 0.896. The van der Waals surface area contributed by atoms with Crippen LogP contribution in [0.15, 0.2) is 11.6 Å². The van der Waals surface area contributed by atoms with Gasteiger partial charge in [-0.25, -0.2) is 0 Å². The van der Waals surface area contributed by atoms with Crippen LogP contribution in [0.5, 0.6) is 0 Å². The van der Waals surface area contributed by atoms with Crippen molar-refractivity contribution in [3.63, 3.8) is 0 Å². The van der Waals surface area contributed by atoms with Gasteiger partial charge in [-0.3, -0.25) is 4.79 Å². The molecule has 0 aromatic heterocycles. The zero-order valence-corrected chi connectivity index (χ0v) is 6.32. The summed E-state index contributed by atoms with van der Waals surface area (Å²) in [4.78, 5) is 11.0. The normalized spacial score (nSPS) is 31.8. The summed E-state index contributed by atoms with van der Waals surface area (Å²) >= 11 is 1.37. The molecule has 1 unspecified atom stereocenters. The minimum Gasteiger partial charge on any atom is -0.372 e. The summed E-state index contributed by atoms with van der Waals surface area (Å²) in [6.07, 6.45) is 3.03. The van der Waals surface area contributed by atoms with Crippen LogP contribution in [0.4, 0.5) is 0 Å². The monoisotopic (exact) mass is 156 g/mol. The third-order valence-corrected chi connectivity index (χ3v) is 2.72. The van der Waals surface area contributed by atoms with Crippen molar-refractivity contribution in [2.45, 2.75) is 12.5 Å². The van der Waals surface area contributed by atoms with Crippen molar-refractivity contribution in [2.75, 3.05) is 12.4 Å². The third-order valence-electron chi connectivity index (χ3n) is 1.75. The van der Waals surface area contributed by atoms with E-state index in [2.05, 4.69) is 0 Å². The molecule has 0 spiro atoms. The molecule has 2 rings (SSSR count). The van der Waals surface area contributed by atoms with E-state index < -0.39 is 0 Å². The van der Waals surface area contributed by atoms with Crippen molar-refractivity contribution < 1.29 is 9.53 Å². The van der Waals surface area contributed by atoms with Crippen LogP contribution in [-0.4, -0.2) is 23.6 Å². The van der Waals surface area contributed by atoms with Crippen LogP contribution >= 0.6 is 11.8 Å². The first-order chi connectivity index (χ1) is 4.88. The average molecular weight is 156 g/mol. The number of carbonyl (C=O) groups excluding carboxylic acids is 1. The minimum absolute atomic E-state index is 0.117. The highest BCUT2D eigenvalue weighted by Gasteiger charge is 2.31. The molecular formula is C7H8O2S. The number of ether oxygens (including phenoxy) is 1. The summed E-state index contributed by atoms with van der Waals surface area (Å²) in [7, 11) is 0. The highest BCUT2D eigenvalue weighted by atomic mass is 32.2. The molecule has 54 valence electrons. The summed E-state index contributed by atoms with van der Waals surface area (Å²) < 4.78 is 5.36. The van der Waals surface area contributed by atoms with Gasteiger partial charge in [0.05, 0.1) is 12.7 Å². The number of rotatable bonds is 0. The van der Waals surface area contributed by atoms with Crippen LogP contribution in [-0.2, 0) is 9.53 Å². The Kier molecular flexibility index (Phi) is 1.54. The summed E-state index contributed by atoms with van der Waals surface area (Å²) in [6, 6.07) is 0. The molecule has 1 fully saturated rings. The Morgan fingerprint density at radius 2 is 2.60 bits per heavy atom. The lowest BCUT2D eigenvalue weighted by Gasteiger charge is -2.15. The van der Waals surface area contributed by atoms with Crippen LogP contribution in [0.3, 0.4) is 0 Å². The summed E-state index contributed by atoms with van der Waals surface area (Å²) in [6.45, 7) is 0.780. The van der Waals surface area contributed by atoms with Gasteiger partial charge >= 0.3 is 0 Å². The quantitative estimate of drug-likeness (QED) is 0.523. The van der Waals surface area contributed by atoms with E-state index in [1.807, 2.05) is 6.08 Å². The molecule has 2 nitrogen and oxygen atoms in total. The second-order valence-corrected chi connectivity index (χ2v) is 3.40. The van der Waals surface area contributed by atoms with E-state index in [-0.39, 0.29) is 11.2 Å². The van der Waals surface area contributed by atoms with Gasteiger partial charge in [0.2, 0.25) is 5.12 Å². The molecule has 0 aromatic carbocycles. The summed E-state index contributed by atoms with van der Waals surface area (Å²) in [5.74, 6) is 0.824. The molecule has 0 N–H and O–H groups in total. The SMILES string of the molecule is O=C1SCC2OCCC=C12. The summed E-state index contributed by atoms with van der Waals surface area (Å²) in [5, 5.41) is 0.213. The molecule has 10 heavy (non-hydrogen) atoms. The molecule has 0 saturated carbocycles. The number of hydrogen-bond donors (Lipinski definition) is 0. The fourth-order valence-corrected chi connectivity index (χ4v) is 2.19. The molecular weight excluding hydrogens is 148 g/mol. The Morgan fingerprint density at radius 3 is 3.40 bits per heavy atom. The predicted octanol–water partition coefficient (Wildman–Crippen LogP) is 0.975. The molecule has 2 aliphatic heterocycles. The van der Waals surface area contributed by atoms with Crippen molar-refractivity contribution in [3.8, 4) is 0 Å². The molecule has 2 heterocycles. The molecule has 0 bridgehead atoms. The Balaban J connectivity index is 2.27. The molecule has 0 aromatic rings. The van der Waals surface area contributed by atoms with Crippen molar-refractivity contribution in [2.24, 2.45) is 0 Å². The fourth-order valence-electron chi connectivity index (χ4n) is 1.23. The molecule has 0 aliphatic carbocycles. The van der Waals surface area contributed by atoms with Crippen LogP contribution in [0, 0.1) is 0 Å². The molecule has 2 aliphatic rings. The van der Waals surface area contributed by atoms with Crippen LogP contribution in [0.2, 0.25) is 0 Å². The van der Waals surface area contributed by atoms with E-state index in [4.69, 9.17) is 4.74 Å². The molecule has 3 heteroatoms. The van der Waals surface area contributed by atoms with Gasteiger partial charge in [0.25, 0.3) is 0 Å². The lowest BCUT2D eigenvalue weighted by molar-refractivity contribution is -0.108. The van der Waals surface area contributed by atoms with E-state index in [1.165, 1.54) is 11.8 Å². The number of fused-ring (bicyclic) bond motifs is 1. The standard InChI is InChI=1S/C7H8O2S/c8-7-5-2-1-3-9-6(5)4-10-7/h2,6H,1,3-4H2. The average Bonchev–Trinajstić information content (AvgIpc) is 2.34. The first-order valence-electron chi connectivity index (χ1n) is 3.37. The van der Waals surface area contributed by atoms with E-state index >= 15 is 0 Å². The van der Waals surface area contributed by atoms with Crippen molar-refractivity contribution >= 4 is 16.9 Å². The van der Waals surface area contributed by atoms with Gasteiger partial charge in [0.15, 0.2) is 0 Å². The van der Waals surface area contributed by atoms with Crippen molar-refractivity contribution in [1.29, 1.82) is 0 Å². The minimum atomic E-state index is 0.117. The first kappa shape index (κ1) is 6.43. The van der Waals surface area contributed by atoms with Gasteiger partial charge in [-0.05, 0) is 6.42 Å². The van der Waals surface area contributed by atoms with Gasteiger partial charge in [-0.2, -0.15) is 0 Å². The number of carbonyl (C=O) groups is 1. The van der Waals surface area contributed by atoms with Crippen LogP contribution in [0.25, 0.3) is 0 Å². The van der Waals surface area contributed by atoms with Crippen LogP contribution < -0.4 is 0 Å². The first-order valence-corrected chi connectivity index (χ1v) is 4.35. The maximum Gasteiger partial charge on any atom is 0.217 e. The predicted molar refractivity (Wildman–Crippen MR) is 39.9 cm³/mol. The van der Waals surface area contributed by atoms with E-state index in [9.17, 15) is 4.79 Å². The van der Waals surface area contributed by atoms with Gasteiger partial charge < -0.3 is 4.74 Å². The van der Waals surface area contributed by atoms with Gasteiger partial charge in [-0.1, -0.05) is 17.8 Å². The number of hydrogen-bond acceptors (Lipinski definition) is 3. The van der Waals surface area contributed by atoms with Gasteiger partial charge in [0, 0.05) is 11.3 Å². The Hall–Kier alpha value is -0.280. The van der Waals surface area contributed by atoms with Crippen LogP contribution in [0.1, 0.15) is 6.42 Å². The van der Waals surface area contributed by atoms with E-state index in [0.717, 1.165) is 24.4 Å². The summed E-state index contributed by atoms with van der Waals surface area (Å²) in [5.41, 5.74) is 0.899. The number of thioether (sulfide) groups is 1. The second kappa shape index (κ2) is 2.40. The second-order valence-electron chi connectivity index (χ2n) is 2.41. The van der Waals surface area contributed by atoms with E-state index in [0.29, 0.717) is 0 Å². The molecule has 0 amide bonds. The van der Waals surface area contributed by atoms with Gasteiger partial charge in [-0.15, -0.1) is 0 Å². The smallest absolute Gasteiger partial charge is 0.217 e. The van der Waals surface area contributed by atoms with E-state index in [1.54, 1.807) is 0 Å². The topological polar surface area (TPSA) is 26.3 Å². The molecule has 1 atom stereocenters. The Bertz CT molecular complexity index is 198. The van der Waals surface area contributed by atoms with Crippen molar-refractivity contribution in [1.82, 2.24) is 0 Å². The Labute approximate surface area is 63.6 Å². The fraction of sp³-hybridized carbons (Fsp3) is 0.571. The maximum atomic E-state index is 11.0. The maximum absolute atomic E-state index is 11.0. The highest BCUT2D eigenvalue weighted by Crippen LogP contribution is 2.30. The zero-order valence-electron chi connectivity index (χ0n) is 5.50. The lowest BCUT2D eigenvalue weighted by atomic mass is 10.1. The zero-order chi connectivity index (χ0) is 6.97. The van der Waals surface area contributed by atoms with Gasteiger partial charge in [0.1, 0.15) is 0 Å². The lowest BCUT2D eigenvalue weighted by Crippen LogP contribution is -2.19. The highest BCUT2D eigenvalue weighted by molar-refractivity contribution is 8.14. The van der Waals surface area contributed by atoms with Crippen molar-refractivity contribution in [3.05, 3.63) is 11.6 Å². The molecule has 0 radical (unpaired) electrons. The largest absolute Gasteiger partial charge is 0.372 e.